The molecule has 0 saturated heterocycles. The van der Waals surface area contributed by atoms with Crippen molar-refractivity contribution >= 4 is 35.0 Å². The quantitative estimate of drug-likeness (QED) is 0.439. The first-order chi connectivity index (χ1) is 16.3. The third kappa shape index (κ3) is 7.13. The zero-order chi connectivity index (χ0) is 24.7. The summed E-state index contributed by atoms with van der Waals surface area (Å²) in [5, 5.41) is 4.16. The van der Waals surface area contributed by atoms with E-state index >= 15 is 0 Å². The first-order valence-corrected chi connectivity index (χ1v) is 12.8. The Morgan fingerprint density at radius 2 is 1.79 bits per heavy atom. The van der Waals surface area contributed by atoms with E-state index < -0.39 is 6.04 Å². The van der Waals surface area contributed by atoms with Gasteiger partial charge in [-0.2, -0.15) is 0 Å². The van der Waals surface area contributed by atoms with Gasteiger partial charge < -0.3 is 15.0 Å². The standard InChI is InChI=1S/C27H34Cl2N2O3/c1-4-25(27(33)30-22-8-6-5-7-9-22)31(16-20-11-12-21(28)15-24(20)29)26(32)17-34-23-13-10-18(2)19(3)14-23/h10-15,22,25H,4-9,16-17H2,1-3H3,(H,30,33)/t25-/m1/s1. The molecule has 2 aromatic carbocycles. The van der Waals surface area contributed by atoms with Crippen molar-refractivity contribution in [2.45, 2.75) is 77.9 Å². The molecule has 184 valence electrons. The lowest BCUT2D eigenvalue weighted by molar-refractivity contribution is -0.143. The normalized spacial score (nSPS) is 15.0. The summed E-state index contributed by atoms with van der Waals surface area (Å²) >= 11 is 12.5. The number of benzene rings is 2. The first-order valence-electron chi connectivity index (χ1n) is 12.0. The minimum Gasteiger partial charge on any atom is -0.484 e. The largest absolute Gasteiger partial charge is 0.484 e. The van der Waals surface area contributed by atoms with Crippen LogP contribution in [0.15, 0.2) is 36.4 Å². The molecule has 0 unspecified atom stereocenters. The van der Waals surface area contributed by atoms with Gasteiger partial charge in [0.1, 0.15) is 11.8 Å². The number of carbonyl (C=O) groups excluding carboxylic acids is 2. The van der Waals surface area contributed by atoms with Gasteiger partial charge in [-0.25, -0.2) is 0 Å². The highest BCUT2D eigenvalue weighted by Gasteiger charge is 2.31. The molecule has 0 heterocycles. The van der Waals surface area contributed by atoms with Crippen molar-refractivity contribution < 1.29 is 14.3 Å². The molecule has 0 aromatic heterocycles. The van der Waals surface area contributed by atoms with Gasteiger partial charge in [-0.1, -0.05) is 61.5 Å². The van der Waals surface area contributed by atoms with Crippen molar-refractivity contribution in [3.05, 3.63) is 63.1 Å². The van der Waals surface area contributed by atoms with Crippen LogP contribution in [0.4, 0.5) is 0 Å². The number of amides is 2. The van der Waals surface area contributed by atoms with Crippen LogP contribution in [0.2, 0.25) is 10.0 Å². The van der Waals surface area contributed by atoms with Crippen molar-refractivity contribution in [1.29, 1.82) is 0 Å². The fourth-order valence-corrected chi connectivity index (χ4v) is 4.80. The summed E-state index contributed by atoms with van der Waals surface area (Å²) in [6, 6.07) is 10.4. The van der Waals surface area contributed by atoms with Gasteiger partial charge in [0, 0.05) is 22.6 Å². The average molecular weight is 505 g/mol. The minimum absolute atomic E-state index is 0.126. The second-order valence-electron chi connectivity index (χ2n) is 9.06. The molecule has 1 saturated carbocycles. The van der Waals surface area contributed by atoms with Gasteiger partial charge in [0.15, 0.2) is 6.61 Å². The van der Waals surface area contributed by atoms with Crippen LogP contribution in [-0.4, -0.2) is 35.4 Å². The van der Waals surface area contributed by atoms with E-state index in [9.17, 15) is 9.59 Å². The van der Waals surface area contributed by atoms with E-state index in [4.69, 9.17) is 27.9 Å². The molecule has 0 radical (unpaired) electrons. The molecule has 0 aliphatic heterocycles. The molecule has 34 heavy (non-hydrogen) atoms. The summed E-state index contributed by atoms with van der Waals surface area (Å²) in [4.78, 5) is 28.3. The van der Waals surface area contributed by atoms with Crippen LogP contribution in [0.25, 0.3) is 0 Å². The molecule has 1 fully saturated rings. The Morgan fingerprint density at radius 3 is 2.44 bits per heavy atom. The third-order valence-electron chi connectivity index (χ3n) is 6.53. The number of rotatable bonds is 9. The maximum Gasteiger partial charge on any atom is 0.261 e. The molecular formula is C27H34Cl2N2O3. The van der Waals surface area contributed by atoms with Crippen LogP contribution in [-0.2, 0) is 16.1 Å². The van der Waals surface area contributed by atoms with Crippen LogP contribution < -0.4 is 10.1 Å². The van der Waals surface area contributed by atoms with Crippen molar-refractivity contribution in [3.63, 3.8) is 0 Å². The number of hydrogen-bond donors (Lipinski definition) is 1. The van der Waals surface area contributed by atoms with Gasteiger partial charge >= 0.3 is 0 Å². The fraction of sp³-hybridized carbons (Fsp3) is 0.481. The predicted molar refractivity (Wildman–Crippen MR) is 138 cm³/mol. The number of hydrogen-bond acceptors (Lipinski definition) is 3. The zero-order valence-electron chi connectivity index (χ0n) is 20.2. The van der Waals surface area contributed by atoms with Gasteiger partial charge in [-0.05, 0) is 74.1 Å². The molecule has 1 aliphatic carbocycles. The van der Waals surface area contributed by atoms with Gasteiger partial charge in [0.05, 0.1) is 0 Å². The molecule has 1 N–H and O–H groups in total. The lowest BCUT2D eigenvalue weighted by Gasteiger charge is -2.33. The van der Waals surface area contributed by atoms with Crippen LogP contribution >= 0.6 is 23.2 Å². The highest BCUT2D eigenvalue weighted by molar-refractivity contribution is 6.35. The Morgan fingerprint density at radius 1 is 1.06 bits per heavy atom. The smallest absolute Gasteiger partial charge is 0.261 e. The molecule has 2 amide bonds. The lowest BCUT2D eigenvalue weighted by Crippen LogP contribution is -2.52. The van der Waals surface area contributed by atoms with Gasteiger partial charge in [0.25, 0.3) is 5.91 Å². The van der Waals surface area contributed by atoms with E-state index in [1.165, 1.54) is 6.42 Å². The molecule has 2 aromatic rings. The van der Waals surface area contributed by atoms with E-state index in [0.717, 1.165) is 42.4 Å². The van der Waals surface area contributed by atoms with Crippen LogP contribution in [0, 0.1) is 13.8 Å². The molecule has 3 rings (SSSR count). The highest BCUT2D eigenvalue weighted by atomic mass is 35.5. The Balaban J connectivity index is 1.79. The van der Waals surface area contributed by atoms with E-state index in [1.54, 1.807) is 23.1 Å². The van der Waals surface area contributed by atoms with Crippen molar-refractivity contribution in [2.24, 2.45) is 0 Å². The van der Waals surface area contributed by atoms with Crippen LogP contribution in [0.3, 0.4) is 0 Å². The summed E-state index contributed by atoms with van der Waals surface area (Å²) in [6.45, 7) is 5.97. The molecule has 1 atom stereocenters. The second-order valence-corrected chi connectivity index (χ2v) is 9.90. The van der Waals surface area contributed by atoms with Crippen molar-refractivity contribution in [3.8, 4) is 5.75 Å². The monoisotopic (exact) mass is 504 g/mol. The third-order valence-corrected chi connectivity index (χ3v) is 7.12. The van der Waals surface area contributed by atoms with Gasteiger partial charge in [-0.15, -0.1) is 0 Å². The minimum atomic E-state index is -0.621. The summed E-state index contributed by atoms with van der Waals surface area (Å²) in [5.41, 5.74) is 2.98. The summed E-state index contributed by atoms with van der Waals surface area (Å²) < 4.78 is 5.82. The first kappa shape index (κ1) is 26.4. The van der Waals surface area contributed by atoms with Gasteiger partial charge in [0.2, 0.25) is 5.91 Å². The number of ether oxygens (including phenoxy) is 1. The van der Waals surface area contributed by atoms with E-state index in [1.807, 2.05) is 39.0 Å². The van der Waals surface area contributed by atoms with E-state index in [-0.39, 0.29) is 31.0 Å². The molecular weight excluding hydrogens is 471 g/mol. The molecule has 5 nitrogen and oxygen atoms in total. The fourth-order valence-electron chi connectivity index (χ4n) is 4.33. The van der Waals surface area contributed by atoms with E-state index in [2.05, 4.69) is 5.32 Å². The SMILES string of the molecule is CC[C@H](C(=O)NC1CCCCC1)N(Cc1ccc(Cl)cc1Cl)C(=O)COc1ccc(C)c(C)c1. The Labute approximate surface area is 212 Å². The summed E-state index contributed by atoms with van der Waals surface area (Å²) in [5.74, 6) is 0.231. The topological polar surface area (TPSA) is 58.6 Å². The Kier molecular flexibility index (Phi) is 9.66. The maximum atomic E-state index is 13.4. The Hall–Kier alpha value is -2.24. The van der Waals surface area contributed by atoms with Crippen LogP contribution in [0.5, 0.6) is 5.75 Å². The number of nitrogens with one attached hydrogen (secondary N) is 1. The zero-order valence-corrected chi connectivity index (χ0v) is 21.7. The molecule has 1 aliphatic rings. The predicted octanol–water partition coefficient (Wildman–Crippen LogP) is 6.25. The average Bonchev–Trinajstić information content (AvgIpc) is 2.81. The second kappa shape index (κ2) is 12.5. The van der Waals surface area contributed by atoms with Crippen LogP contribution in [0.1, 0.15) is 62.1 Å². The summed E-state index contributed by atoms with van der Waals surface area (Å²) in [6.07, 6.45) is 5.89. The van der Waals surface area contributed by atoms with Crippen molar-refractivity contribution in [1.82, 2.24) is 10.2 Å². The lowest BCUT2D eigenvalue weighted by atomic mass is 9.95. The number of nitrogens with zero attached hydrogens (tertiary/aromatic N) is 1. The highest BCUT2D eigenvalue weighted by Crippen LogP contribution is 2.25. The number of halogens is 2. The van der Waals surface area contributed by atoms with E-state index in [0.29, 0.717) is 22.2 Å². The molecule has 0 bridgehead atoms. The Bertz CT molecular complexity index is 1010. The van der Waals surface area contributed by atoms with Gasteiger partial charge in [-0.3, -0.25) is 9.59 Å². The number of aryl methyl sites for hydroxylation is 2. The molecule has 0 spiro atoms. The van der Waals surface area contributed by atoms with Crippen molar-refractivity contribution in [2.75, 3.05) is 6.61 Å². The number of carbonyl (C=O) groups is 2. The summed E-state index contributed by atoms with van der Waals surface area (Å²) in [7, 11) is 0. The molecule has 7 heteroatoms. The maximum absolute atomic E-state index is 13.4.